The molecule has 23 heavy (non-hydrogen) atoms. The maximum Gasteiger partial charge on any atom is 0.498 e. The average molecular weight is 321 g/mol. The van der Waals surface area contributed by atoms with Gasteiger partial charge in [-0.15, -0.1) is 0 Å². The first kappa shape index (κ1) is 18.1. The fourth-order valence-corrected chi connectivity index (χ4v) is 2.24. The van der Waals surface area contributed by atoms with Gasteiger partial charge in [0.05, 0.1) is 24.4 Å². The van der Waals surface area contributed by atoms with E-state index in [0.717, 1.165) is 16.9 Å². The number of nitrogens with one attached hydrogen (secondary N) is 1. The van der Waals surface area contributed by atoms with E-state index in [1.807, 2.05) is 59.7 Å². The molecule has 0 saturated carbocycles. The smallest absolute Gasteiger partial charge is 0.497 e. The predicted octanol–water partition coefficient (Wildman–Crippen LogP) is 2.79. The fraction of sp³-hybridized carbons (Fsp3) is 0.647. The lowest BCUT2D eigenvalue weighted by Gasteiger charge is -2.21. The molecule has 0 aliphatic carbocycles. The van der Waals surface area contributed by atoms with Crippen molar-refractivity contribution in [1.29, 1.82) is 0 Å². The quantitative estimate of drug-likeness (QED) is 0.667. The van der Waals surface area contributed by atoms with E-state index >= 15 is 0 Å². The van der Waals surface area contributed by atoms with Gasteiger partial charge in [-0.2, -0.15) is 0 Å². The summed E-state index contributed by atoms with van der Waals surface area (Å²) in [6, 6.07) is 5.88. The Bertz CT molecular complexity index is 542. The summed E-state index contributed by atoms with van der Waals surface area (Å²) in [4.78, 5) is 0. The first-order valence-electron chi connectivity index (χ1n) is 8.01. The molecule has 0 bridgehead atoms. The standard InChI is InChI=1S/C17H28BNO4/c1-12-17(5,6)23-18(22-12)14-9-8-13(10-15(14)20-7)19-11-21-16(2,3)4/h8-10,12,19H,11H2,1-7H3. The monoisotopic (exact) mass is 321 g/mol. The molecule has 1 saturated heterocycles. The Labute approximate surface area is 139 Å². The van der Waals surface area contributed by atoms with Gasteiger partial charge in [0.25, 0.3) is 0 Å². The van der Waals surface area contributed by atoms with Crippen LogP contribution < -0.4 is 15.5 Å². The van der Waals surface area contributed by atoms with Crippen molar-refractivity contribution in [3.63, 3.8) is 0 Å². The van der Waals surface area contributed by atoms with Gasteiger partial charge in [-0.25, -0.2) is 0 Å². The van der Waals surface area contributed by atoms with Gasteiger partial charge in [0.1, 0.15) is 12.5 Å². The Balaban J connectivity index is 2.08. The molecule has 1 heterocycles. The summed E-state index contributed by atoms with van der Waals surface area (Å²) in [7, 11) is 1.24. The maximum absolute atomic E-state index is 6.01. The number of benzene rings is 1. The molecule has 1 aromatic rings. The highest BCUT2D eigenvalue weighted by Gasteiger charge is 2.45. The Morgan fingerprint density at radius 1 is 1.30 bits per heavy atom. The van der Waals surface area contributed by atoms with Crippen LogP contribution >= 0.6 is 0 Å². The van der Waals surface area contributed by atoms with Crippen LogP contribution in [-0.4, -0.2) is 38.3 Å². The largest absolute Gasteiger partial charge is 0.498 e. The third-order valence-corrected chi connectivity index (χ3v) is 3.99. The average Bonchev–Trinajstić information content (AvgIpc) is 2.71. The number of ether oxygens (including phenoxy) is 2. The maximum atomic E-state index is 6.01. The van der Waals surface area contributed by atoms with Gasteiger partial charge in [0.2, 0.25) is 0 Å². The minimum atomic E-state index is -0.408. The molecule has 1 aliphatic rings. The Morgan fingerprint density at radius 2 is 2.00 bits per heavy atom. The van der Waals surface area contributed by atoms with E-state index in [4.69, 9.17) is 18.8 Å². The second-order valence-electron chi connectivity index (χ2n) is 7.37. The van der Waals surface area contributed by atoms with Gasteiger partial charge in [-0.1, -0.05) is 6.07 Å². The second-order valence-corrected chi connectivity index (χ2v) is 7.37. The van der Waals surface area contributed by atoms with E-state index in [1.54, 1.807) is 7.11 Å². The van der Waals surface area contributed by atoms with E-state index in [1.165, 1.54) is 0 Å². The molecule has 1 aromatic carbocycles. The molecule has 5 nitrogen and oxygen atoms in total. The highest BCUT2D eigenvalue weighted by Crippen LogP contribution is 2.28. The van der Waals surface area contributed by atoms with Crippen molar-refractivity contribution in [2.45, 2.75) is 58.8 Å². The molecule has 0 aromatic heterocycles. The number of anilines is 1. The van der Waals surface area contributed by atoms with Crippen LogP contribution in [0.25, 0.3) is 0 Å². The summed E-state index contributed by atoms with van der Waals surface area (Å²) in [6.07, 6.45) is 0.0233. The molecule has 0 radical (unpaired) electrons. The molecule has 1 fully saturated rings. The third kappa shape index (κ3) is 4.62. The van der Waals surface area contributed by atoms with Crippen LogP contribution in [0.2, 0.25) is 0 Å². The summed E-state index contributed by atoms with van der Waals surface area (Å²) < 4.78 is 23.1. The van der Waals surface area contributed by atoms with Gasteiger partial charge in [-0.05, 0) is 47.6 Å². The van der Waals surface area contributed by atoms with Gasteiger partial charge >= 0.3 is 7.12 Å². The van der Waals surface area contributed by atoms with Gasteiger partial charge in [0.15, 0.2) is 0 Å². The second kappa shape index (κ2) is 6.71. The molecular weight excluding hydrogens is 293 g/mol. The van der Waals surface area contributed by atoms with Crippen molar-refractivity contribution in [3.05, 3.63) is 18.2 Å². The lowest BCUT2D eigenvalue weighted by molar-refractivity contribution is 0.00846. The molecule has 0 spiro atoms. The van der Waals surface area contributed by atoms with Crippen molar-refractivity contribution in [3.8, 4) is 5.75 Å². The highest BCUT2D eigenvalue weighted by molar-refractivity contribution is 6.63. The van der Waals surface area contributed by atoms with Gasteiger partial charge in [0, 0.05) is 17.2 Å². The zero-order valence-corrected chi connectivity index (χ0v) is 15.2. The Hall–Kier alpha value is -1.24. The topological polar surface area (TPSA) is 49.0 Å². The van der Waals surface area contributed by atoms with Crippen molar-refractivity contribution < 1.29 is 18.8 Å². The summed E-state index contributed by atoms with van der Waals surface area (Å²) in [5.41, 5.74) is 1.34. The Morgan fingerprint density at radius 3 is 2.52 bits per heavy atom. The van der Waals surface area contributed by atoms with E-state index in [0.29, 0.717) is 6.73 Å². The van der Waals surface area contributed by atoms with E-state index in [2.05, 4.69) is 5.32 Å². The first-order valence-corrected chi connectivity index (χ1v) is 8.01. The normalized spacial score (nSPS) is 20.7. The Kier molecular flexibility index (Phi) is 5.28. The van der Waals surface area contributed by atoms with Gasteiger partial charge < -0.3 is 24.1 Å². The molecule has 0 amide bonds. The number of hydrogen-bond donors (Lipinski definition) is 1. The minimum Gasteiger partial charge on any atom is -0.497 e. The molecule has 1 N–H and O–H groups in total. The summed E-state index contributed by atoms with van der Waals surface area (Å²) in [6.45, 7) is 12.6. The zero-order valence-electron chi connectivity index (χ0n) is 15.2. The SMILES string of the molecule is COc1cc(NCOC(C)(C)C)ccc1B1OC(C)C(C)(C)O1. The number of rotatable bonds is 5. The minimum absolute atomic E-state index is 0.0233. The van der Waals surface area contributed by atoms with Crippen molar-refractivity contribution >= 4 is 18.3 Å². The van der Waals surface area contributed by atoms with E-state index in [-0.39, 0.29) is 17.3 Å². The summed E-state index contributed by atoms with van der Waals surface area (Å²) in [5, 5.41) is 3.23. The number of methoxy groups -OCH3 is 1. The molecular formula is C17H28BNO4. The van der Waals surface area contributed by atoms with E-state index in [9.17, 15) is 0 Å². The van der Waals surface area contributed by atoms with E-state index < -0.39 is 7.12 Å². The third-order valence-electron chi connectivity index (χ3n) is 3.99. The van der Waals surface area contributed by atoms with Crippen molar-refractivity contribution in [2.75, 3.05) is 19.2 Å². The van der Waals surface area contributed by atoms with Crippen LogP contribution in [0.15, 0.2) is 18.2 Å². The molecule has 128 valence electrons. The molecule has 1 aliphatic heterocycles. The lowest BCUT2D eigenvalue weighted by atomic mass is 9.78. The van der Waals surface area contributed by atoms with Crippen LogP contribution in [0.3, 0.4) is 0 Å². The van der Waals surface area contributed by atoms with Crippen LogP contribution in [0.5, 0.6) is 5.75 Å². The fourth-order valence-electron chi connectivity index (χ4n) is 2.24. The lowest BCUT2D eigenvalue weighted by Crippen LogP contribution is -2.35. The van der Waals surface area contributed by atoms with Crippen LogP contribution in [0.1, 0.15) is 41.5 Å². The zero-order chi connectivity index (χ0) is 17.3. The number of hydrogen-bond acceptors (Lipinski definition) is 5. The van der Waals surface area contributed by atoms with Crippen LogP contribution in [0, 0.1) is 0 Å². The van der Waals surface area contributed by atoms with Crippen LogP contribution in [-0.2, 0) is 14.0 Å². The van der Waals surface area contributed by atoms with Crippen molar-refractivity contribution in [2.24, 2.45) is 0 Å². The molecule has 6 heteroatoms. The summed E-state index contributed by atoms with van der Waals surface area (Å²) >= 11 is 0. The van der Waals surface area contributed by atoms with Crippen molar-refractivity contribution in [1.82, 2.24) is 0 Å². The first-order chi connectivity index (χ1) is 10.6. The molecule has 2 rings (SSSR count). The molecule has 1 atom stereocenters. The van der Waals surface area contributed by atoms with Gasteiger partial charge in [-0.3, -0.25) is 0 Å². The predicted molar refractivity (Wildman–Crippen MR) is 93.4 cm³/mol. The summed E-state index contributed by atoms with van der Waals surface area (Å²) in [5.74, 6) is 0.737. The highest BCUT2D eigenvalue weighted by atomic mass is 16.7. The van der Waals surface area contributed by atoms with Crippen LogP contribution in [0.4, 0.5) is 5.69 Å². The molecule has 1 unspecified atom stereocenters.